The van der Waals surface area contributed by atoms with Gasteiger partial charge in [0.2, 0.25) is 0 Å². The van der Waals surface area contributed by atoms with Crippen LogP contribution in [0, 0.1) is 0 Å². The standard InChI is InChI=1S/C10H12N2OS/c1-8(10-11-3-5-14-10)12-6-9-2-4-13-7-9/h2-5,7-8,12H,6H2,1H3. The summed E-state index contributed by atoms with van der Waals surface area (Å²) in [5.41, 5.74) is 1.16. The third-order valence-corrected chi connectivity index (χ3v) is 2.97. The van der Waals surface area contributed by atoms with Crippen LogP contribution >= 0.6 is 11.3 Å². The van der Waals surface area contributed by atoms with Gasteiger partial charge in [-0.05, 0) is 13.0 Å². The number of hydrogen-bond acceptors (Lipinski definition) is 4. The SMILES string of the molecule is CC(NCc1ccoc1)c1nccs1. The quantitative estimate of drug-likeness (QED) is 0.839. The maximum absolute atomic E-state index is 4.98. The molecule has 1 N–H and O–H groups in total. The smallest absolute Gasteiger partial charge is 0.109 e. The van der Waals surface area contributed by atoms with Gasteiger partial charge in [0.05, 0.1) is 18.6 Å². The summed E-state index contributed by atoms with van der Waals surface area (Å²) in [5.74, 6) is 0. The van der Waals surface area contributed by atoms with Crippen LogP contribution in [0.1, 0.15) is 23.5 Å². The fraction of sp³-hybridized carbons (Fsp3) is 0.300. The molecule has 2 aromatic heterocycles. The molecular formula is C10H12N2OS. The molecule has 3 nitrogen and oxygen atoms in total. The van der Waals surface area contributed by atoms with Crippen molar-refractivity contribution in [2.75, 3.05) is 0 Å². The van der Waals surface area contributed by atoms with Crippen molar-refractivity contribution in [3.05, 3.63) is 40.7 Å². The van der Waals surface area contributed by atoms with E-state index in [1.807, 2.05) is 17.6 Å². The normalized spacial score (nSPS) is 12.9. The topological polar surface area (TPSA) is 38.1 Å². The Morgan fingerprint density at radius 1 is 1.64 bits per heavy atom. The highest BCUT2D eigenvalue weighted by Gasteiger charge is 2.06. The number of furan rings is 1. The Bertz CT molecular complexity index is 355. The number of thiazole rings is 1. The van der Waals surface area contributed by atoms with Crippen LogP contribution in [-0.2, 0) is 6.54 Å². The maximum atomic E-state index is 4.98. The monoisotopic (exact) mass is 208 g/mol. The molecule has 0 fully saturated rings. The van der Waals surface area contributed by atoms with Gasteiger partial charge in [-0.15, -0.1) is 11.3 Å². The number of aromatic nitrogens is 1. The lowest BCUT2D eigenvalue weighted by molar-refractivity contribution is 0.546. The molecule has 2 aromatic rings. The summed E-state index contributed by atoms with van der Waals surface area (Å²) in [4.78, 5) is 4.25. The summed E-state index contributed by atoms with van der Waals surface area (Å²) in [6.45, 7) is 2.93. The van der Waals surface area contributed by atoms with E-state index in [1.54, 1.807) is 23.9 Å². The third-order valence-electron chi connectivity index (χ3n) is 2.01. The summed E-state index contributed by atoms with van der Waals surface area (Å²) in [7, 11) is 0. The largest absolute Gasteiger partial charge is 0.472 e. The minimum absolute atomic E-state index is 0.296. The van der Waals surface area contributed by atoms with E-state index in [0.717, 1.165) is 17.1 Å². The molecule has 0 amide bonds. The summed E-state index contributed by atoms with van der Waals surface area (Å²) in [6.07, 6.45) is 5.27. The summed E-state index contributed by atoms with van der Waals surface area (Å²) in [5, 5.41) is 6.49. The van der Waals surface area contributed by atoms with Gasteiger partial charge in [0.15, 0.2) is 0 Å². The molecule has 0 aliphatic carbocycles. The molecule has 14 heavy (non-hydrogen) atoms. The van der Waals surface area contributed by atoms with Crippen molar-refractivity contribution in [2.24, 2.45) is 0 Å². The molecule has 2 heterocycles. The van der Waals surface area contributed by atoms with Crippen molar-refractivity contribution in [3.63, 3.8) is 0 Å². The molecule has 2 rings (SSSR count). The zero-order valence-electron chi connectivity index (χ0n) is 7.93. The van der Waals surface area contributed by atoms with Crippen LogP contribution < -0.4 is 5.32 Å². The van der Waals surface area contributed by atoms with Gasteiger partial charge in [-0.25, -0.2) is 4.98 Å². The molecular weight excluding hydrogens is 196 g/mol. The van der Waals surface area contributed by atoms with Gasteiger partial charge in [-0.3, -0.25) is 0 Å². The van der Waals surface area contributed by atoms with Crippen LogP contribution in [0.2, 0.25) is 0 Å². The lowest BCUT2D eigenvalue weighted by Crippen LogP contribution is -2.17. The zero-order valence-corrected chi connectivity index (χ0v) is 8.75. The number of nitrogens with one attached hydrogen (secondary N) is 1. The average molecular weight is 208 g/mol. The van der Waals surface area contributed by atoms with Crippen molar-refractivity contribution < 1.29 is 4.42 Å². The highest BCUT2D eigenvalue weighted by atomic mass is 32.1. The van der Waals surface area contributed by atoms with Gasteiger partial charge < -0.3 is 9.73 Å². The lowest BCUT2D eigenvalue weighted by atomic mass is 10.3. The summed E-state index contributed by atoms with van der Waals surface area (Å²) >= 11 is 1.67. The van der Waals surface area contributed by atoms with Gasteiger partial charge in [0.25, 0.3) is 0 Å². The molecule has 4 heteroatoms. The Morgan fingerprint density at radius 3 is 3.21 bits per heavy atom. The van der Waals surface area contributed by atoms with Crippen LogP contribution in [-0.4, -0.2) is 4.98 Å². The number of rotatable bonds is 4. The molecule has 0 aliphatic rings. The Labute approximate surface area is 86.8 Å². The van der Waals surface area contributed by atoms with Gasteiger partial charge in [0, 0.05) is 23.7 Å². The zero-order chi connectivity index (χ0) is 9.80. The lowest BCUT2D eigenvalue weighted by Gasteiger charge is -2.09. The first kappa shape index (κ1) is 9.43. The first-order valence-electron chi connectivity index (χ1n) is 4.50. The van der Waals surface area contributed by atoms with E-state index >= 15 is 0 Å². The van der Waals surface area contributed by atoms with Crippen LogP contribution in [0.4, 0.5) is 0 Å². The van der Waals surface area contributed by atoms with Crippen molar-refractivity contribution in [1.29, 1.82) is 0 Å². The molecule has 0 radical (unpaired) electrons. The highest BCUT2D eigenvalue weighted by Crippen LogP contribution is 2.15. The maximum Gasteiger partial charge on any atom is 0.109 e. The van der Waals surface area contributed by atoms with Gasteiger partial charge in [0.1, 0.15) is 5.01 Å². The molecule has 1 unspecified atom stereocenters. The number of hydrogen-bond donors (Lipinski definition) is 1. The highest BCUT2D eigenvalue weighted by molar-refractivity contribution is 7.09. The minimum Gasteiger partial charge on any atom is -0.472 e. The molecule has 0 bridgehead atoms. The Kier molecular flexibility index (Phi) is 2.96. The van der Waals surface area contributed by atoms with Crippen LogP contribution in [0.5, 0.6) is 0 Å². The molecule has 0 aliphatic heterocycles. The van der Waals surface area contributed by atoms with E-state index in [2.05, 4.69) is 17.2 Å². The predicted molar refractivity (Wildman–Crippen MR) is 56.1 cm³/mol. The van der Waals surface area contributed by atoms with E-state index in [1.165, 1.54) is 0 Å². The van der Waals surface area contributed by atoms with Crippen LogP contribution in [0.15, 0.2) is 34.6 Å². The third kappa shape index (κ3) is 2.21. The van der Waals surface area contributed by atoms with E-state index in [9.17, 15) is 0 Å². The first-order chi connectivity index (χ1) is 6.86. The fourth-order valence-electron chi connectivity index (χ4n) is 1.20. The van der Waals surface area contributed by atoms with Crippen molar-refractivity contribution in [3.8, 4) is 0 Å². The van der Waals surface area contributed by atoms with E-state index < -0.39 is 0 Å². The molecule has 0 spiro atoms. The second-order valence-electron chi connectivity index (χ2n) is 3.10. The van der Waals surface area contributed by atoms with Gasteiger partial charge in [-0.2, -0.15) is 0 Å². The number of nitrogens with zero attached hydrogens (tertiary/aromatic N) is 1. The average Bonchev–Trinajstić information content (AvgIpc) is 2.87. The molecule has 1 atom stereocenters. The predicted octanol–water partition coefficient (Wildman–Crippen LogP) is 2.59. The Balaban J connectivity index is 1.87. The van der Waals surface area contributed by atoms with Crippen LogP contribution in [0.3, 0.4) is 0 Å². The first-order valence-corrected chi connectivity index (χ1v) is 5.38. The van der Waals surface area contributed by atoms with Gasteiger partial charge >= 0.3 is 0 Å². The van der Waals surface area contributed by atoms with Crippen molar-refractivity contribution in [1.82, 2.24) is 10.3 Å². The van der Waals surface area contributed by atoms with E-state index in [4.69, 9.17) is 4.42 Å². The molecule has 0 saturated carbocycles. The second kappa shape index (κ2) is 4.39. The van der Waals surface area contributed by atoms with Crippen molar-refractivity contribution >= 4 is 11.3 Å². The molecule has 74 valence electrons. The molecule has 0 saturated heterocycles. The van der Waals surface area contributed by atoms with E-state index in [0.29, 0.717) is 6.04 Å². The van der Waals surface area contributed by atoms with Crippen molar-refractivity contribution in [2.45, 2.75) is 19.5 Å². The second-order valence-corrected chi connectivity index (χ2v) is 4.03. The van der Waals surface area contributed by atoms with E-state index in [-0.39, 0.29) is 0 Å². The van der Waals surface area contributed by atoms with Crippen LogP contribution in [0.25, 0.3) is 0 Å². The Hall–Kier alpha value is -1.13. The fourth-order valence-corrected chi connectivity index (χ4v) is 1.87. The Morgan fingerprint density at radius 2 is 2.57 bits per heavy atom. The summed E-state index contributed by atoms with van der Waals surface area (Å²) in [6, 6.07) is 2.26. The minimum atomic E-state index is 0.296. The molecule has 0 aromatic carbocycles. The van der Waals surface area contributed by atoms with Gasteiger partial charge in [-0.1, -0.05) is 0 Å². The summed E-state index contributed by atoms with van der Waals surface area (Å²) < 4.78 is 4.98.